The molecule has 1 N–H and O–H groups in total. The maximum absolute atomic E-state index is 9.18. The zero-order chi connectivity index (χ0) is 11.1. The number of nitrogens with one attached hydrogen (secondary N) is 1. The van der Waals surface area contributed by atoms with Crippen LogP contribution in [0.4, 0.5) is 0 Å². The first kappa shape index (κ1) is 11.8. The van der Waals surface area contributed by atoms with Gasteiger partial charge in [0, 0.05) is 16.1 Å². The highest BCUT2D eigenvalue weighted by Crippen LogP contribution is 2.21. The molecule has 2 aromatic rings. The number of hydrogen-bond acceptors (Lipinski definition) is 2. The summed E-state index contributed by atoms with van der Waals surface area (Å²) in [6, 6.07) is 8.19. The second kappa shape index (κ2) is 6.24. The van der Waals surface area contributed by atoms with Gasteiger partial charge in [-0.05, 0) is 35.0 Å². The summed E-state index contributed by atoms with van der Waals surface area (Å²) in [4.78, 5) is 12.3. The second-order valence-corrected chi connectivity index (χ2v) is 3.59. The fourth-order valence-corrected chi connectivity index (χ4v) is 1.61. The van der Waals surface area contributed by atoms with Crippen LogP contribution in [0.15, 0.2) is 34.9 Å². The Morgan fingerprint density at radius 3 is 2.80 bits per heavy atom. The molecular weight excluding hydrogens is 258 g/mol. The molecule has 0 amide bonds. The zero-order valence-corrected chi connectivity index (χ0v) is 9.95. The molecule has 1 aromatic heterocycles. The number of ether oxygens (including phenoxy) is 1. The number of halogens is 1. The van der Waals surface area contributed by atoms with Crippen molar-refractivity contribution >= 4 is 33.3 Å². The molecule has 0 bridgehead atoms. The van der Waals surface area contributed by atoms with Gasteiger partial charge >= 0.3 is 0 Å². The molecule has 0 unspecified atom stereocenters. The van der Waals surface area contributed by atoms with Crippen molar-refractivity contribution in [2.24, 2.45) is 0 Å². The largest absolute Gasteiger partial charge is 0.468 e. The monoisotopic (exact) mass is 269 g/mol. The van der Waals surface area contributed by atoms with E-state index in [2.05, 4.69) is 37.8 Å². The van der Waals surface area contributed by atoms with E-state index in [0.717, 1.165) is 4.47 Å². The lowest BCUT2D eigenvalue weighted by Crippen LogP contribution is -1.80. The Labute approximate surface area is 96.6 Å². The van der Waals surface area contributed by atoms with E-state index >= 15 is 0 Å². The first-order valence-electron chi connectivity index (χ1n) is 4.56. The summed E-state index contributed by atoms with van der Waals surface area (Å²) in [7, 11) is 0. The minimum absolute atomic E-state index is 0.431. The Balaban J connectivity index is 0.000000195. The maximum Gasteiger partial charge on any atom is 0.293 e. The van der Waals surface area contributed by atoms with Crippen LogP contribution in [-0.4, -0.2) is 18.1 Å². The third-order valence-corrected chi connectivity index (χ3v) is 2.43. The third-order valence-electron chi connectivity index (χ3n) is 1.77. The molecule has 0 saturated heterocycles. The van der Waals surface area contributed by atoms with Gasteiger partial charge in [0.05, 0.1) is 12.1 Å². The number of H-pyrrole nitrogens is 1. The van der Waals surface area contributed by atoms with Gasteiger partial charge in [-0.1, -0.05) is 12.1 Å². The molecular formula is C11H12BrNO2. The van der Waals surface area contributed by atoms with Gasteiger partial charge in [-0.15, -0.1) is 0 Å². The van der Waals surface area contributed by atoms with E-state index in [0.29, 0.717) is 13.1 Å². The van der Waals surface area contributed by atoms with Crippen molar-refractivity contribution in [3.05, 3.63) is 34.9 Å². The summed E-state index contributed by atoms with van der Waals surface area (Å²) < 4.78 is 5.27. The van der Waals surface area contributed by atoms with Crippen molar-refractivity contribution in [1.29, 1.82) is 0 Å². The van der Waals surface area contributed by atoms with Crippen molar-refractivity contribution in [1.82, 2.24) is 4.98 Å². The normalized spacial score (nSPS) is 9.20. The SMILES string of the molecule is Brc1cccc2cc[nH]c12.CCOC=O. The molecule has 0 aliphatic heterocycles. The van der Waals surface area contributed by atoms with Gasteiger partial charge < -0.3 is 9.72 Å². The van der Waals surface area contributed by atoms with E-state index in [1.165, 1.54) is 10.9 Å². The molecule has 3 nitrogen and oxygen atoms in total. The van der Waals surface area contributed by atoms with Crippen molar-refractivity contribution < 1.29 is 9.53 Å². The average Bonchev–Trinajstić information content (AvgIpc) is 2.69. The molecule has 15 heavy (non-hydrogen) atoms. The first-order chi connectivity index (χ1) is 7.29. The molecule has 0 aliphatic rings. The van der Waals surface area contributed by atoms with E-state index in [9.17, 15) is 4.79 Å². The van der Waals surface area contributed by atoms with Crippen LogP contribution in [0, 0.1) is 0 Å². The fraction of sp³-hybridized carbons (Fsp3) is 0.182. The van der Waals surface area contributed by atoms with Crippen molar-refractivity contribution in [2.45, 2.75) is 6.92 Å². The van der Waals surface area contributed by atoms with Gasteiger partial charge in [0.15, 0.2) is 0 Å². The number of carbonyl (C=O) groups excluding carboxylic acids is 1. The highest BCUT2D eigenvalue weighted by atomic mass is 79.9. The smallest absolute Gasteiger partial charge is 0.293 e. The van der Waals surface area contributed by atoms with E-state index in [4.69, 9.17) is 0 Å². The molecule has 1 heterocycles. The number of benzene rings is 1. The Morgan fingerprint density at radius 1 is 1.47 bits per heavy atom. The van der Waals surface area contributed by atoms with Crippen LogP contribution in [0.3, 0.4) is 0 Å². The Hall–Kier alpha value is -1.29. The second-order valence-electron chi connectivity index (χ2n) is 2.73. The molecule has 4 heteroatoms. The molecule has 0 spiro atoms. The summed E-state index contributed by atoms with van der Waals surface area (Å²) in [5.74, 6) is 0. The van der Waals surface area contributed by atoms with Crippen LogP contribution >= 0.6 is 15.9 Å². The lowest BCUT2D eigenvalue weighted by Gasteiger charge is -1.90. The fourth-order valence-electron chi connectivity index (χ4n) is 1.11. The van der Waals surface area contributed by atoms with E-state index in [1.54, 1.807) is 6.92 Å². The number of rotatable bonds is 2. The van der Waals surface area contributed by atoms with Gasteiger partial charge in [-0.25, -0.2) is 0 Å². The van der Waals surface area contributed by atoms with E-state index in [-0.39, 0.29) is 0 Å². The summed E-state index contributed by atoms with van der Waals surface area (Å²) in [5.41, 5.74) is 1.17. The Morgan fingerprint density at radius 2 is 2.27 bits per heavy atom. The molecule has 0 fully saturated rings. The molecule has 0 atom stereocenters. The molecule has 2 rings (SSSR count). The van der Waals surface area contributed by atoms with Crippen LogP contribution in [0.5, 0.6) is 0 Å². The van der Waals surface area contributed by atoms with Crippen LogP contribution in [0.1, 0.15) is 6.92 Å². The summed E-state index contributed by atoms with van der Waals surface area (Å²) in [5, 5.41) is 1.24. The van der Waals surface area contributed by atoms with E-state index in [1.807, 2.05) is 18.3 Å². The average molecular weight is 270 g/mol. The van der Waals surface area contributed by atoms with Gasteiger partial charge in [0.1, 0.15) is 0 Å². The Bertz CT molecular complexity index is 425. The summed E-state index contributed by atoms with van der Waals surface area (Å²) in [6.45, 7) is 2.66. The summed E-state index contributed by atoms with van der Waals surface area (Å²) >= 11 is 3.44. The van der Waals surface area contributed by atoms with Crippen molar-refractivity contribution in [3.8, 4) is 0 Å². The molecule has 0 aliphatic carbocycles. The van der Waals surface area contributed by atoms with Crippen LogP contribution in [0.25, 0.3) is 10.9 Å². The lowest BCUT2D eigenvalue weighted by atomic mass is 10.3. The zero-order valence-electron chi connectivity index (χ0n) is 8.37. The topological polar surface area (TPSA) is 42.1 Å². The highest BCUT2D eigenvalue weighted by molar-refractivity contribution is 9.10. The quantitative estimate of drug-likeness (QED) is 0.852. The summed E-state index contributed by atoms with van der Waals surface area (Å²) in [6.07, 6.45) is 1.94. The highest BCUT2D eigenvalue weighted by Gasteiger charge is 1.95. The molecule has 0 saturated carbocycles. The number of fused-ring (bicyclic) bond motifs is 1. The van der Waals surface area contributed by atoms with Gasteiger partial charge in [0.25, 0.3) is 6.47 Å². The van der Waals surface area contributed by atoms with Crippen LogP contribution < -0.4 is 0 Å². The lowest BCUT2D eigenvalue weighted by molar-refractivity contribution is -0.128. The van der Waals surface area contributed by atoms with Crippen molar-refractivity contribution in [3.63, 3.8) is 0 Å². The predicted octanol–water partition coefficient (Wildman–Crippen LogP) is 3.11. The molecule has 0 radical (unpaired) electrons. The van der Waals surface area contributed by atoms with Crippen molar-refractivity contribution in [2.75, 3.05) is 6.61 Å². The number of aromatic amines is 1. The van der Waals surface area contributed by atoms with Gasteiger partial charge in [0.2, 0.25) is 0 Å². The minimum atomic E-state index is 0.431. The number of aromatic nitrogens is 1. The molecule has 80 valence electrons. The predicted molar refractivity (Wildman–Crippen MR) is 63.7 cm³/mol. The van der Waals surface area contributed by atoms with Crippen LogP contribution in [0.2, 0.25) is 0 Å². The number of hydrogen-bond donors (Lipinski definition) is 1. The maximum atomic E-state index is 9.18. The standard InChI is InChI=1S/C8H6BrN.C3H6O2/c9-7-3-1-2-6-4-5-10-8(6)7;1-2-5-3-4/h1-5,10H;3H,2H2,1H3. The first-order valence-corrected chi connectivity index (χ1v) is 5.35. The Kier molecular flexibility index (Phi) is 4.90. The third kappa shape index (κ3) is 3.40. The van der Waals surface area contributed by atoms with Gasteiger partial charge in [-0.3, -0.25) is 4.79 Å². The number of carbonyl (C=O) groups is 1. The number of para-hydroxylation sites is 1. The molecule has 1 aromatic carbocycles. The minimum Gasteiger partial charge on any atom is -0.468 e. The van der Waals surface area contributed by atoms with Crippen LogP contribution in [-0.2, 0) is 9.53 Å². The van der Waals surface area contributed by atoms with Gasteiger partial charge in [-0.2, -0.15) is 0 Å². The van der Waals surface area contributed by atoms with E-state index < -0.39 is 0 Å².